The third kappa shape index (κ3) is 4.13. The predicted molar refractivity (Wildman–Crippen MR) is 132 cm³/mol. The van der Waals surface area contributed by atoms with Gasteiger partial charge >= 0.3 is 0 Å². The van der Waals surface area contributed by atoms with Gasteiger partial charge in [-0.25, -0.2) is 23.9 Å². The molecule has 0 spiro atoms. The van der Waals surface area contributed by atoms with E-state index in [1.165, 1.54) is 12.1 Å². The number of benzene rings is 1. The highest BCUT2D eigenvalue weighted by atomic mass is 19.1. The van der Waals surface area contributed by atoms with E-state index in [0.717, 1.165) is 48.6 Å². The largest absolute Gasteiger partial charge is 0.384 e. The van der Waals surface area contributed by atoms with E-state index < -0.39 is 6.10 Å². The van der Waals surface area contributed by atoms with Crippen molar-refractivity contribution < 1.29 is 9.50 Å². The molecular weight excluding hydrogens is 461 g/mol. The Kier molecular flexibility index (Phi) is 5.53. The molecule has 4 aromatic heterocycles. The molecule has 0 amide bonds. The second kappa shape index (κ2) is 9.00. The van der Waals surface area contributed by atoms with Gasteiger partial charge in [-0.1, -0.05) is 12.1 Å². The maximum absolute atomic E-state index is 13.2. The van der Waals surface area contributed by atoms with Crippen molar-refractivity contribution >= 4 is 17.3 Å². The molecule has 10 nitrogen and oxygen atoms in total. The summed E-state index contributed by atoms with van der Waals surface area (Å²) >= 11 is 0. The monoisotopic (exact) mass is 485 g/mol. The molecule has 1 N–H and O–H groups in total. The van der Waals surface area contributed by atoms with Crippen molar-refractivity contribution in [2.45, 2.75) is 6.10 Å². The van der Waals surface area contributed by atoms with E-state index >= 15 is 0 Å². The molecule has 0 saturated carbocycles. The molecule has 1 aliphatic heterocycles. The first-order valence-electron chi connectivity index (χ1n) is 11.6. The minimum atomic E-state index is -0.907. The summed E-state index contributed by atoms with van der Waals surface area (Å²) in [6, 6.07) is 7.86. The quantitative estimate of drug-likeness (QED) is 0.405. The van der Waals surface area contributed by atoms with Gasteiger partial charge in [-0.3, -0.25) is 4.68 Å². The number of aliphatic hydroxyl groups is 1. The SMILES string of the molecule is Cn1cc(-c2cc3c(N4CCN(c5ncc(C(O)c6ccc(F)cc6)cn5)CC4)ncnn3c2)cn1. The zero-order valence-electron chi connectivity index (χ0n) is 19.6. The fourth-order valence-electron chi connectivity index (χ4n) is 4.48. The van der Waals surface area contributed by atoms with Crippen molar-refractivity contribution in [1.29, 1.82) is 0 Å². The fraction of sp³-hybridized carbons (Fsp3) is 0.240. The summed E-state index contributed by atoms with van der Waals surface area (Å²) in [6.45, 7) is 2.96. The Labute approximate surface area is 206 Å². The summed E-state index contributed by atoms with van der Waals surface area (Å²) in [6.07, 6.45) is 9.72. The van der Waals surface area contributed by atoms with Gasteiger partial charge in [-0.2, -0.15) is 10.2 Å². The third-order valence-corrected chi connectivity index (χ3v) is 6.45. The summed E-state index contributed by atoms with van der Waals surface area (Å²) in [5.41, 5.74) is 4.17. The first-order valence-corrected chi connectivity index (χ1v) is 11.6. The highest BCUT2D eigenvalue weighted by Crippen LogP contribution is 2.28. The van der Waals surface area contributed by atoms with E-state index in [9.17, 15) is 9.50 Å². The minimum Gasteiger partial charge on any atom is -0.384 e. The second-order valence-corrected chi connectivity index (χ2v) is 8.79. The second-order valence-electron chi connectivity index (χ2n) is 8.79. The molecule has 0 aliphatic carbocycles. The van der Waals surface area contributed by atoms with Crippen LogP contribution in [0.3, 0.4) is 0 Å². The topological polar surface area (TPSA) is 100 Å². The lowest BCUT2D eigenvalue weighted by molar-refractivity contribution is 0.219. The number of halogens is 1. The third-order valence-electron chi connectivity index (χ3n) is 6.45. The normalized spacial score (nSPS) is 15.0. The van der Waals surface area contributed by atoms with Crippen molar-refractivity contribution in [3.63, 3.8) is 0 Å². The number of aryl methyl sites for hydroxylation is 1. The summed E-state index contributed by atoms with van der Waals surface area (Å²) in [4.78, 5) is 17.9. The van der Waals surface area contributed by atoms with Gasteiger partial charge in [-0.05, 0) is 23.8 Å². The number of piperazine rings is 1. The van der Waals surface area contributed by atoms with E-state index in [1.54, 1.807) is 35.5 Å². The van der Waals surface area contributed by atoms with Crippen molar-refractivity contribution in [2.75, 3.05) is 36.0 Å². The van der Waals surface area contributed by atoms with E-state index in [1.807, 2.05) is 30.2 Å². The Balaban J connectivity index is 1.15. The average molecular weight is 486 g/mol. The molecule has 1 fully saturated rings. The van der Waals surface area contributed by atoms with Gasteiger partial charge in [-0.15, -0.1) is 0 Å². The maximum Gasteiger partial charge on any atom is 0.225 e. The Bertz CT molecular complexity index is 1490. The summed E-state index contributed by atoms with van der Waals surface area (Å²) in [5, 5.41) is 19.2. The Morgan fingerprint density at radius 2 is 1.56 bits per heavy atom. The van der Waals surface area contributed by atoms with Crippen molar-refractivity contribution in [2.24, 2.45) is 7.05 Å². The van der Waals surface area contributed by atoms with Crippen molar-refractivity contribution in [3.8, 4) is 11.1 Å². The van der Waals surface area contributed by atoms with Crippen molar-refractivity contribution in [3.05, 3.63) is 84.6 Å². The molecule has 6 rings (SSSR count). The fourth-order valence-corrected chi connectivity index (χ4v) is 4.48. The van der Waals surface area contributed by atoms with Gasteiger partial charge in [0.2, 0.25) is 5.95 Å². The Morgan fingerprint density at radius 1 is 0.833 bits per heavy atom. The molecule has 5 heterocycles. The molecule has 11 heteroatoms. The van der Waals surface area contributed by atoms with Gasteiger partial charge < -0.3 is 14.9 Å². The molecule has 1 unspecified atom stereocenters. The van der Waals surface area contributed by atoms with Crippen molar-refractivity contribution in [1.82, 2.24) is 34.3 Å². The molecular formula is C25H24FN9O. The van der Waals surface area contributed by atoms with Crippen LogP contribution < -0.4 is 9.80 Å². The van der Waals surface area contributed by atoms with Gasteiger partial charge in [0.05, 0.1) is 6.20 Å². The first kappa shape index (κ1) is 22.1. The van der Waals surface area contributed by atoms with E-state index in [4.69, 9.17) is 0 Å². The van der Waals surface area contributed by atoms with Gasteiger partial charge in [0.25, 0.3) is 0 Å². The number of anilines is 2. The standard InChI is InChI=1S/C25H24FN9O/c1-32-14-20(13-30-32)18-10-22-24(29-16-31-35(22)15-18)33-6-8-34(9-7-33)25-27-11-19(12-28-25)23(36)17-2-4-21(26)5-3-17/h2-5,10-16,23,36H,6-9H2,1H3. The number of rotatable bonds is 5. The van der Waals surface area contributed by atoms with Crippen LogP contribution >= 0.6 is 0 Å². The molecule has 1 aromatic carbocycles. The number of hydrogen-bond acceptors (Lipinski definition) is 8. The zero-order valence-corrected chi connectivity index (χ0v) is 19.6. The number of aliphatic hydroxyl groups excluding tert-OH is 1. The molecule has 36 heavy (non-hydrogen) atoms. The summed E-state index contributed by atoms with van der Waals surface area (Å²) in [7, 11) is 1.90. The lowest BCUT2D eigenvalue weighted by Crippen LogP contribution is -2.47. The maximum atomic E-state index is 13.2. The lowest BCUT2D eigenvalue weighted by atomic mass is 10.0. The smallest absolute Gasteiger partial charge is 0.225 e. The van der Waals surface area contributed by atoms with Crippen LogP contribution in [0.2, 0.25) is 0 Å². The number of fused-ring (bicyclic) bond motifs is 1. The van der Waals surface area contributed by atoms with E-state index in [2.05, 4.69) is 41.0 Å². The molecule has 1 saturated heterocycles. The number of hydrogen-bond donors (Lipinski definition) is 1. The van der Waals surface area contributed by atoms with Crippen LogP contribution in [-0.4, -0.2) is 65.6 Å². The molecule has 182 valence electrons. The average Bonchev–Trinajstić information content (AvgIpc) is 3.55. The van der Waals surface area contributed by atoms with Crippen LogP contribution in [-0.2, 0) is 7.05 Å². The number of aromatic nitrogens is 7. The highest BCUT2D eigenvalue weighted by molar-refractivity contribution is 5.77. The van der Waals surface area contributed by atoms with Crippen LogP contribution in [0.15, 0.2) is 67.6 Å². The van der Waals surface area contributed by atoms with Gasteiger partial charge in [0, 0.05) is 74.7 Å². The summed E-state index contributed by atoms with van der Waals surface area (Å²) < 4.78 is 16.8. The lowest BCUT2D eigenvalue weighted by Gasteiger charge is -2.35. The zero-order chi connectivity index (χ0) is 24.6. The van der Waals surface area contributed by atoms with Crippen LogP contribution in [0, 0.1) is 5.82 Å². The van der Waals surface area contributed by atoms with Gasteiger partial charge in [0.1, 0.15) is 23.8 Å². The predicted octanol–water partition coefficient (Wildman–Crippen LogP) is 2.47. The number of nitrogens with zero attached hydrogens (tertiary/aromatic N) is 9. The van der Waals surface area contributed by atoms with Crippen LogP contribution in [0.5, 0.6) is 0 Å². The molecule has 1 aliphatic rings. The van der Waals surface area contributed by atoms with Crippen LogP contribution in [0.25, 0.3) is 16.6 Å². The molecule has 0 bridgehead atoms. The minimum absolute atomic E-state index is 0.342. The van der Waals surface area contributed by atoms with E-state index in [0.29, 0.717) is 17.1 Å². The molecule has 1 atom stereocenters. The molecule has 5 aromatic rings. The van der Waals surface area contributed by atoms with Crippen LogP contribution in [0.1, 0.15) is 17.2 Å². The first-order chi connectivity index (χ1) is 17.5. The van der Waals surface area contributed by atoms with E-state index in [-0.39, 0.29) is 5.82 Å². The Hall–Kier alpha value is -4.38. The van der Waals surface area contributed by atoms with Gasteiger partial charge in [0.15, 0.2) is 5.82 Å². The Morgan fingerprint density at radius 3 is 2.25 bits per heavy atom. The highest BCUT2D eigenvalue weighted by Gasteiger charge is 2.23. The summed E-state index contributed by atoms with van der Waals surface area (Å²) in [5.74, 6) is 1.16. The molecule has 0 radical (unpaired) electrons. The van der Waals surface area contributed by atoms with Crippen LogP contribution in [0.4, 0.5) is 16.2 Å².